The molecule has 0 aromatic rings. The molecule has 0 spiro atoms. The standard InChI is InChI=1S/C16H30N4O4/c1-11(13(21)19-14(22)17-5)20-8-6-12(7-9-20)10-18-15(23)24-16(2,3)4/h11-12H,6-10H2,1-5H3,(H,18,23)(H2,17,19,21,22). The fourth-order valence-corrected chi connectivity index (χ4v) is 2.53. The molecule has 0 aromatic carbocycles. The molecule has 1 heterocycles. The summed E-state index contributed by atoms with van der Waals surface area (Å²) in [5.74, 6) is 0.0580. The second-order valence-electron chi connectivity index (χ2n) is 7.11. The van der Waals surface area contributed by atoms with E-state index in [0.717, 1.165) is 25.9 Å². The summed E-state index contributed by atoms with van der Waals surface area (Å²) >= 11 is 0. The molecule has 4 amide bonds. The lowest BCUT2D eigenvalue weighted by Gasteiger charge is -2.35. The first kappa shape index (κ1) is 20.2. The fourth-order valence-electron chi connectivity index (χ4n) is 2.53. The van der Waals surface area contributed by atoms with E-state index in [1.807, 2.05) is 25.7 Å². The van der Waals surface area contributed by atoms with E-state index in [1.165, 1.54) is 7.05 Å². The van der Waals surface area contributed by atoms with Crippen LogP contribution in [0.2, 0.25) is 0 Å². The van der Waals surface area contributed by atoms with Gasteiger partial charge < -0.3 is 15.4 Å². The quantitative estimate of drug-likeness (QED) is 0.709. The number of hydrogen-bond acceptors (Lipinski definition) is 5. The van der Waals surface area contributed by atoms with E-state index in [9.17, 15) is 14.4 Å². The van der Waals surface area contributed by atoms with Gasteiger partial charge in [0.25, 0.3) is 0 Å². The second-order valence-corrected chi connectivity index (χ2v) is 7.11. The highest BCUT2D eigenvalue weighted by Gasteiger charge is 2.27. The molecule has 3 N–H and O–H groups in total. The van der Waals surface area contributed by atoms with Gasteiger partial charge in [-0.1, -0.05) is 0 Å². The molecule has 1 aliphatic heterocycles. The zero-order chi connectivity index (χ0) is 18.3. The predicted octanol–water partition coefficient (Wildman–Crippen LogP) is 1.07. The summed E-state index contributed by atoms with van der Waals surface area (Å²) < 4.78 is 5.22. The van der Waals surface area contributed by atoms with Gasteiger partial charge in [-0.2, -0.15) is 0 Å². The molecule has 0 radical (unpaired) electrons. The third-order valence-electron chi connectivity index (χ3n) is 3.97. The van der Waals surface area contributed by atoms with Crippen LogP contribution in [0, 0.1) is 5.92 Å². The Kier molecular flexibility index (Phi) is 7.47. The van der Waals surface area contributed by atoms with Crippen LogP contribution in [0.25, 0.3) is 0 Å². The number of hydrogen-bond donors (Lipinski definition) is 3. The van der Waals surface area contributed by atoms with Crippen molar-refractivity contribution in [2.45, 2.75) is 52.2 Å². The number of nitrogens with one attached hydrogen (secondary N) is 3. The van der Waals surface area contributed by atoms with Crippen molar-refractivity contribution >= 4 is 18.0 Å². The van der Waals surface area contributed by atoms with Crippen molar-refractivity contribution < 1.29 is 19.1 Å². The van der Waals surface area contributed by atoms with Crippen molar-refractivity contribution in [3.05, 3.63) is 0 Å². The molecule has 1 unspecified atom stereocenters. The van der Waals surface area contributed by atoms with Gasteiger partial charge in [-0.25, -0.2) is 9.59 Å². The molecule has 0 bridgehead atoms. The molecule has 0 aromatic heterocycles. The first-order valence-electron chi connectivity index (χ1n) is 8.36. The van der Waals surface area contributed by atoms with Gasteiger partial charge in [0.2, 0.25) is 5.91 Å². The maximum Gasteiger partial charge on any atom is 0.407 e. The molecular weight excluding hydrogens is 312 g/mol. The molecule has 1 fully saturated rings. The van der Waals surface area contributed by atoms with Crippen LogP contribution in [0.15, 0.2) is 0 Å². The number of imide groups is 1. The molecule has 138 valence electrons. The number of rotatable bonds is 4. The highest BCUT2D eigenvalue weighted by molar-refractivity contribution is 5.96. The molecule has 8 heteroatoms. The smallest absolute Gasteiger partial charge is 0.407 e. The Morgan fingerprint density at radius 2 is 1.79 bits per heavy atom. The van der Waals surface area contributed by atoms with Crippen LogP contribution in [0.3, 0.4) is 0 Å². The van der Waals surface area contributed by atoms with E-state index < -0.39 is 17.7 Å². The summed E-state index contributed by atoms with van der Waals surface area (Å²) in [7, 11) is 1.47. The lowest BCUT2D eigenvalue weighted by Crippen LogP contribution is -2.51. The molecule has 0 aliphatic carbocycles. The Hall–Kier alpha value is -1.83. The van der Waals surface area contributed by atoms with Gasteiger partial charge in [0.1, 0.15) is 5.60 Å². The molecule has 1 aliphatic rings. The summed E-state index contributed by atoms with van der Waals surface area (Å²) in [5, 5.41) is 7.46. The number of ether oxygens (including phenoxy) is 1. The van der Waals surface area contributed by atoms with Gasteiger partial charge >= 0.3 is 12.1 Å². The average Bonchev–Trinajstić information content (AvgIpc) is 2.50. The van der Waals surface area contributed by atoms with Crippen LogP contribution in [-0.4, -0.2) is 61.3 Å². The van der Waals surface area contributed by atoms with Crippen LogP contribution < -0.4 is 16.0 Å². The van der Waals surface area contributed by atoms with E-state index in [1.54, 1.807) is 6.92 Å². The van der Waals surface area contributed by atoms with E-state index in [0.29, 0.717) is 12.5 Å². The lowest BCUT2D eigenvalue weighted by atomic mass is 9.96. The average molecular weight is 342 g/mol. The van der Waals surface area contributed by atoms with Crippen molar-refractivity contribution in [2.75, 3.05) is 26.7 Å². The van der Waals surface area contributed by atoms with Crippen molar-refractivity contribution in [1.82, 2.24) is 20.9 Å². The number of nitrogens with zero attached hydrogens (tertiary/aromatic N) is 1. The maximum atomic E-state index is 12.0. The molecule has 0 saturated carbocycles. The minimum absolute atomic E-state index is 0.306. The Balaban J connectivity index is 2.32. The van der Waals surface area contributed by atoms with E-state index >= 15 is 0 Å². The summed E-state index contributed by atoms with van der Waals surface area (Å²) in [4.78, 5) is 36.9. The number of carbonyl (C=O) groups is 3. The Morgan fingerprint density at radius 3 is 2.29 bits per heavy atom. The normalized spacial score (nSPS) is 17.7. The van der Waals surface area contributed by atoms with Crippen LogP contribution >= 0.6 is 0 Å². The minimum Gasteiger partial charge on any atom is -0.444 e. The second kappa shape index (κ2) is 8.86. The first-order valence-corrected chi connectivity index (χ1v) is 8.36. The number of alkyl carbamates (subject to hydrolysis) is 1. The molecule has 1 saturated heterocycles. The van der Waals surface area contributed by atoms with Crippen molar-refractivity contribution in [3.63, 3.8) is 0 Å². The number of piperidine rings is 1. The third kappa shape index (κ3) is 7.16. The monoisotopic (exact) mass is 342 g/mol. The molecule has 1 rings (SSSR count). The van der Waals surface area contributed by atoms with Crippen molar-refractivity contribution in [2.24, 2.45) is 5.92 Å². The lowest BCUT2D eigenvalue weighted by molar-refractivity contribution is -0.125. The largest absolute Gasteiger partial charge is 0.444 e. The van der Waals surface area contributed by atoms with Gasteiger partial charge in [0.15, 0.2) is 0 Å². The highest BCUT2D eigenvalue weighted by atomic mass is 16.6. The number of likely N-dealkylation sites (tertiary alicyclic amines) is 1. The Bertz CT molecular complexity index is 453. The van der Waals surface area contributed by atoms with Crippen LogP contribution in [0.4, 0.5) is 9.59 Å². The summed E-state index contributed by atoms with van der Waals surface area (Å²) in [6.45, 7) is 9.36. The summed E-state index contributed by atoms with van der Waals surface area (Å²) in [6, 6.07) is -0.856. The SMILES string of the molecule is CNC(=O)NC(=O)C(C)N1CCC(CNC(=O)OC(C)(C)C)CC1. The number of carbonyl (C=O) groups excluding carboxylic acids is 3. The van der Waals surface area contributed by atoms with Crippen LogP contribution in [-0.2, 0) is 9.53 Å². The van der Waals surface area contributed by atoms with Gasteiger partial charge in [0.05, 0.1) is 6.04 Å². The summed E-state index contributed by atoms with van der Waals surface area (Å²) in [6.07, 6.45) is 1.36. The van der Waals surface area contributed by atoms with Gasteiger partial charge in [-0.05, 0) is 59.5 Å². The predicted molar refractivity (Wildman–Crippen MR) is 90.6 cm³/mol. The van der Waals surface area contributed by atoms with E-state index in [-0.39, 0.29) is 11.9 Å². The molecular formula is C16H30N4O4. The highest BCUT2D eigenvalue weighted by Crippen LogP contribution is 2.18. The van der Waals surface area contributed by atoms with Gasteiger partial charge in [-0.3, -0.25) is 15.0 Å². The molecule has 8 nitrogen and oxygen atoms in total. The van der Waals surface area contributed by atoms with E-state index in [4.69, 9.17) is 4.74 Å². The minimum atomic E-state index is -0.499. The maximum absolute atomic E-state index is 12.0. The Morgan fingerprint density at radius 1 is 1.21 bits per heavy atom. The van der Waals surface area contributed by atoms with Crippen molar-refractivity contribution in [3.8, 4) is 0 Å². The Labute approximate surface area is 143 Å². The number of amides is 4. The van der Waals surface area contributed by atoms with Gasteiger partial charge in [0, 0.05) is 13.6 Å². The van der Waals surface area contributed by atoms with E-state index in [2.05, 4.69) is 16.0 Å². The molecule has 24 heavy (non-hydrogen) atoms. The first-order chi connectivity index (χ1) is 11.1. The number of urea groups is 1. The van der Waals surface area contributed by atoms with Crippen LogP contribution in [0.5, 0.6) is 0 Å². The summed E-state index contributed by atoms with van der Waals surface area (Å²) in [5.41, 5.74) is -0.499. The fraction of sp³-hybridized carbons (Fsp3) is 0.812. The zero-order valence-corrected chi connectivity index (χ0v) is 15.3. The zero-order valence-electron chi connectivity index (χ0n) is 15.3. The molecule has 1 atom stereocenters. The third-order valence-corrected chi connectivity index (χ3v) is 3.97. The van der Waals surface area contributed by atoms with Crippen LogP contribution in [0.1, 0.15) is 40.5 Å². The van der Waals surface area contributed by atoms with Gasteiger partial charge in [-0.15, -0.1) is 0 Å². The topological polar surface area (TPSA) is 99.8 Å². The van der Waals surface area contributed by atoms with Crippen molar-refractivity contribution in [1.29, 1.82) is 0 Å².